The molecule has 0 N–H and O–H groups in total. The molecule has 32 heavy (non-hydrogen) atoms. The van der Waals surface area contributed by atoms with Crippen LogP contribution in [0.1, 0.15) is 35.4 Å². The van der Waals surface area contributed by atoms with Crippen LogP contribution in [0.5, 0.6) is 17.2 Å². The smallest absolute Gasteiger partial charge is 0.269 e. The molecule has 8 nitrogen and oxygen atoms in total. The Kier molecular flexibility index (Phi) is 4.89. The first kappa shape index (κ1) is 19.9. The molecule has 0 bridgehead atoms. The number of nitro groups is 1. The lowest BCUT2D eigenvalue weighted by Crippen LogP contribution is -2.33. The van der Waals surface area contributed by atoms with Crippen molar-refractivity contribution in [3.8, 4) is 17.2 Å². The molecule has 8 heteroatoms. The van der Waals surface area contributed by atoms with Gasteiger partial charge in [0.2, 0.25) is 6.23 Å². The second-order valence-electron chi connectivity index (χ2n) is 7.60. The minimum Gasteiger partial charge on any atom is -0.497 e. The van der Waals surface area contributed by atoms with Gasteiger partial charge >= 0.3 is 0 Å². The minimum absolute atomic E-state index is 0.0155. The number of nitro benzene ring substituents is 1. The van der Waals surface area contributed by atoms with Gasteiger partial charge in [0, 0.05) is 29.7 Å². The highest BCUT2D eigenvalue weighted by Crippen LogP contribution is 2.48. The van der Waals surface area contributed by atoms with Gasteiger partial charge in [-0.05, 0) is 48.0 Å². The largest absolute Gasteiger partial charge is 0.497 e. The molecule has 0 saturated carbocycles. The summed E-state index contributed by atoms with van der Waals surface area (Å²) in [5, 5.41) is 18.1. The molecule has 0 fully saturated rings. The lowest BCUT2D eigenvalue weighted by atomic mass is 9.95. The van der Waals surface area contributed by atoms with Gasteiger partial charge in [-0.2, -0.15) is 5.10 Å². The molecule has 2 aliphatic rings. The summed E-state index contributed by atoms with van der Waals surface area (Å²) in [6, 6.07) is 19.9. The first-order chi connectivity index (χ1) is 15.6. The number of ether oxygens (including phenoxy) is 3. The van der Waals surface area contributed by atoms with E-state index in [1.807, 2.05) is 53.5 Å². The maximum absolute atomic E-state index is 11.3. The van der Waals surface area contributed by atoms with E-state index in [1.165, 1.54) is 12.1 Å². The van der Waals surface area contributed by atoms with Crippen LogP contribution in [-0.4, -0.2) is 29.9 Å². The first-order valence-electron chi connectivity index (χ1n) is 10.2. The Labute approximate surface area is 184 Å². The molecule has 3 aromatic carbocycles. The molecule has 5 rings (SSSR count). The first-order valence-corrected chi connectivity index (χ1v) is 10.2. The third-order valence-corrected chi connectivity index (χ3v) is 5.79. The molecule has 0 amide bonds. The number of fused-ring (bicyclic) bond motifs is 3. The van der Waals surface area contributed by atoms with Crippen LogP contribution in [0.25, 0.3) is 0 Å². The third-order valence-electron chi connectivity index (χ3n) is 5.79. The van der Waals surface area contributed by atoms with E-state index in [0.717, 1.165) is 34.1 Å². The van der Waals surface area contributed by atoms with E-state index in [-0.39, 0.29) is 11.7 Å². The fourth-order valence-corrected chi connectivity index (χ4v) is 4.16. The quantitative estimate of drug-likeness (QED) is 0.424. The van der Waals surface area contributed by atoms with Crippen LogP contribution in [0.15, 0.2) is 71.8 Å². The summed E-state index contributed by atoms with van der Waals surface area (Å²) >= 11 is 0. The van der Waals surface area contributed by atoms with Crippen molar-refractivity contribution in [3.05, 3.63) is 93.5 Å². The van der Waals surface area contributed by atoms with Crippen LogP contribution in [0.4, 0.5) is 5.69 Å². The van der Waals surface area contributed by atoms with Gasteiger partial charge in [0.25, 0.3) is 5.69 Å². The summed E-state index contributed by atoms with van der Waals surface area (Å²) in [5.41, 5.74) is 3.56. The second-order valence-corrected chi connectivity index (χ2v) is 7.60. The lowest BCUT2D eigenvalue weighted by molar-refractivity contribution is -0.385. The van der Waals surface area contributed by atoms with E-state index in [4.69, 9.17) is 19.3 Å². The number of hydrogen-bond donors (Lipinski definition) is 0. The molecule has 0 unspecified atom stereocenters. The highest BCUT2D eigenvalue weighted by Gasteiger charge is 2.41. The molecule has 162 valence electrons. The van der Waals surface area contributed by atoms with Crippen molar-refractivity contribution in [2.45, 2.75) is 18.7 Å². The molecule has 0 aromatic heterocycles. The van der Waals surface area contributed by atoms with Crippen LogP contribution in [-0.2, 0) is 0 Å². The van der Waals surface area contributed by atoms with Gasteiger partial charge < -0.3 is 14.2 Å². The summed E-state index contributed by atoms with van der Waals surface area (Å²) < 4.78 is 17.0. The van der Waals surface area contributed by atoms with Crippen molar-refractivity contribution in [2.75, 3.05) is 14.2 Å². The van der Waals surface area contributed by atoms with Crippen LogP contribution >= 0.6 is 0 Å². The molecule has 2 aliphatic heterocycles. The lowest BCUT2D eigenvalue weighted by Gasteiger charge is -2.38. The zero-order valence-electron chi connectivity index (χ0n) is 17.6. The molecule has 3 aromatic rings. The van der Waals surface area contributed by atoms with Crippen LogP contribution in [0.2, 0.25) is 0 Å². The molecule has 0 radical (unpaired) electrons. The number of benzene rings is 3. The van der Waals surface area contributed by atoms with Crippen molar-refractivity contribution >= 4 is 11.4 Å². The third kappa shape index (κ3) is 3.39. The Morgan fingerprint density at radius 2 is 1.78 bits per heavy atom. The van der Waals surface area contributed by atoms with Gasteiger partial charge in [-0.25, -0.2) is 5.01 Å². The van der Waals surface area contributed by atoms with E-state index in [2.05, 4.69) is 0 Å². The topological polar surface area (TPSA) is 86.4 Å². The van der Waals surface area contributed by atoms with E-state index in [9.17, 15) is 10.1 Å². The Morgan fingerprint density at radius 3 is 2.50 bits per heavy atom. The van der Waals surface area contributed by atoms with Gasteiger partial charge in [-0.3, -0.25) is 10.1 Å². The van der Waals surface area contributed by atoms with E-state index < -0.39 is 11.2 Å². The molecular weight excluding hydrogens is 410 g/mol. The van der Waals surface area contributed by atoms with Gasteiger partial charge in [0.05, 0.1) is 30.9 Å². The average molecular weight is 431 g/mol. The maximum atomic E-state index is 11.3. The molecule has 2 atom stereocenters. The molecular formula is C24H21N3O5. The van der Waals surface area contributed by atoms with Gasteiger partial charge in [0.1, 0.15) is 17.2 Å². The number of hydrazone groups is 1. The highest BCUT2D eigenvalue weighted by atomic mass is 16.6. The van der Waals surface area contributed by atoms with Crippen molar-refractivity contribution < 1.29 is 19.1 Å². The molecule has 0 spiro atoms. The molecule has 0 saturated heterocycles. The Bertz CT molecular complexity index is 1210. The van der Waals surface area contributed by atoms with Crippen molar-refractivity contribution in [3.63, 3.8) is 0 Å². The Hall–Kier alpha value is -4.07. The predicted octanol–water partition coefficient (Wildman–Crippen LogP) is 4.85. The Balaban J connectivity index is 1.58. The average Bonchev–Trinajstić information content (AvgIpc) is 3.29. The number of nitrogens with zero attached hydrogens (tertiary/aromatic N) is 3. The predicted molar refractivity (Wildman–Crippen MR) is 118 cm³/mol. The van der Waals surface area contributed by atoms with Crippen LogP contribution < -0.4 is 14.2 Å². The fourth-order valence-electron chi connectivity index (χ4n) is 4.16. The van der Waals surface area contributed by atoms with Gasteiger partial charge in [-0.15, -0.1) is 0 Å². The zero-order valence-corrected chi connectivity index (χ0v) is 17.6. The van der Waals surface area contributed by atoms with Crippen LogP contribution in [0, 0.1) is 10.1 Å². The highest BCUT2D eigenvalue weighted by molar-refractivity contribution is 6.02. The SMILES string of the molecule is COc1ccc(C2=NN3[C@H](C2)c2cc(OC)ccc2O[C@H]3c2cccc([N+](=O)[O-])c2)cc1. The van der Waals surface area contributed by atoms with Crippen molar-refractivity contribution in [1.82, 2.24) is 5.01 Å². The number of hydrogen-bond acceptors (Lipinski definition) is 7. The standard InChI is InChI=1S/C24H21N3O5/c1-30-18-8-6-15(7-9-18)21-14-22-20-13-19(31-2)10-11-23(20)32-24(26(22)25-21)16-4-3-5-17(12-16)27(28)29/h3-13,22,24H,14H2,1-2H3/t22-,24+/m1/s1. The van der Waals surface area contributed by atoms with E-state index in [1.54, 1.807) is 20.3 Å². The van der Waals surface area contributed by atoms with Gasteiger partial charge in [0.15, 0.2) is 0 Å². The van der Waals surface area contributed by atoms with Crippen LogP contribution in [0.3, 0.4) is 0 Å². The summed E-state index contributed by atoms with van der Waals surface area (Å²) in [4.78, 5) is 10.9. The normalized spacial score (nSPS) is 18.8. The number of methoxy groups -OCH3 is 2. The number of non-ortho nitro benzene ring substituents is 1. The summed E-state index contributed by atoms with van der Waals surface area (Å²) in [5.74, 6) is 2.23. The van der Waals surface area contributed by atoms with Crippen molar-refractivity contribution in [1.29, 1.82) is 0 Å². The summed E-state index contributed by atoms with van der Waals surface area (Å²) in [6.45, 7) is 0. The Morgan fingerprint density at radius 1 is 1.03 bits per heavy atom. The molecule has 2 heterocycles. The zero-order chi connectivity index (χ0) is 22.2. The number of rotatable bonds is 5. The maximum Gasteiger partial charge on any atom is 0.269 e. The summed E-state index contributed by atoms with van der Waals surface area (Å²) in [7, 11) is 3.26. The van der Waals surface area contributed by atoms with E-state index >= 15 is 0 Å². The minimum atomic E-state index is -0.587. The molecule has 0 aliphatic carbocycles. The second kappa shape index (κ2) is 7.88. The monoisotopic (exact) mass is 431 g/mol. The fraction of sp³-hybridized carbons (Fsp3) is 0.208. The van der Waals surface area contributed by atoms with E-state index in [0.29, 0.717) is 12.0 Å². The van der Waals surface area contributed by atoms with Crippen molar-refractivity contribution in [2.24, 2.45) is 5.10 Å². The van der Waals surface area contributed by atoms with Gasteiger partial charge in [-0.1, -0.05) is 12.1 Å². The summed E-state index contributed by atoms with van der Waals surface area (Å²) in [6.07, 6.45) is 0.0814.